The number of carbonyl (C=O) groups is 1. The van der Waals surface area contributed by atoms with Crippen LogP contribution in [-0.2, 0) is 6.54 Å². The molecule has 1 amide bonds. The van der Waals surface area contributed by atoms with Crippen LogP contribution in [0.2, 0.25) is 0 Å². The number of alkyl halides is 3. The van der Waals surface area contributed by atoms with Gasteiger partial charge in [-0.3, -0.25) is 4.79 Å². The first-order valence-corrected chi connectivity index (χ1v) is 6.65. The van der Waals surface area contributed by atoms with Crippen molar-refractivity contribution >= 4 is 5.91 Å². The average molecular weight is 325 g/mol. The van der Waals surface area contributed by atoms with Gasteiger partial charge in [0.2, 0.25) is 0 Å². The molecule has 0 fully saturated rings. The van der Waals surface area contributed by atoms with Gasteiger partial charge in [-0.15, -0.1) is 13.2 Å². The number of phenols is 1. The molecule has 0 heterocycles. The molecule has 0 saturated heterocycles. The Morgan fingerprint density at radius 1 is 1.13 bits per heavy atom. The minimum atomic E-state index is -4.81. The van der Waals surface area contributed by atoms with Crippen molar-refractivity contribution < 1.29 is 27.8 Å². The van der Waals surface area contributed by atoms with E-state index in [1.54, 1.807) is 18.2 Å². The standard InChI is InChI=1S/C16H14F3NO3/c1-20(15(22)12-7-3-4-8-13(12)21)10-11-6-2-5-9-14(11)23-16(17,18)19/h2-9,21H,10H2,1H3. The fourth-order valence-corrected chi connectivity index (χ4v) is 2.05. The number of nitrogens with zero attached hydrogens (tertiary/aromatic N) is 1. The number of carbonyl (C=O) groups excluding carboxylic acids is 1. The van der Waals surface area contributed by atoms with Gasteiger partial charge in [0.25, 0.3) is 5.91 Å². The third-order valence-electron chi connectivity index (χ3n) is 3.09. The summed E-state index contributed by atoms with van der Waals surface area (Å²) in [6.45, 7) is -0.0978. The van der Waals surface area contributed by atoms with Crippen LogP contribution < -0.4 is 4.74 Å². The van der Waals surface area contributed by atoms with Crippen molar-refractivity contribution in [2.75, 3.05) is 7.05 Å². The molecular weight excluding hydrogens is 311 g/mol. The summed E-state index contributed by atoms with van der Waals surface area (Å²) in [7, 11) is 1.43. The lowest BCUT2D eigenvalue weighted by atomic mass is 10.1. The van der Waals surface area contributed by atoms with E-state index in [4.69, 9.17) is 0 Å². The second-order valence-electron chi connectivity index (χ2n) is 4.83. The Balaban J connectivity index is 2.19. The molecule has 0 spiro atoms. The molecule has 4 nitrogen and oxygen atoms in total. The molecule has 2 aromatic rings. The molecule has 0 atom stereocenters. The summed E-state index contributed by atoms with van der Waals surface area (Å²) in [4.78, 5) is 13.5. The molecule has 0 unspecified atom stereocenters. The number of phenolic OH excluding ortho intramolecular Hbond substituents is 1. The molecular formula is C16H14F3NO3. The number of aromatic hydroxyl groups is 1. The van der Waals surface area contributed by atoms with Gasteiger partial charge in [-0.2, -0.15) is 0 Å². The van der Waals surface area contributed by atoms with E-state index < -0.39 is 12.3 Å². The Bertz CT molecular complexity index is 701. The zero-order valence-electron chi connectivity index (χ0n) is 12.2. The number of ether oxygens (including phenoxy) is 1. The minimum Gasteiger partial charge on any atom is -0.507 e. The maximum absolute atomic E-state index is 12.4. The van der Waals surface area contributed by atoms with Crippen LogP contribution in [-0.4, -0.2) is 29.3 Å². The van der Waals surface area contributed by atoms with Gasteiger partial charge < -0.3 is 14.7 Å². The van der Waals surface area contributed by atoms with Gasteiger partial charge in [0.1, 0.15) is 11.5 Å². The van der Waals surface area contributed by atoms with Gasteiger partial charge in [0.15, 0.2) is 0 Å². The predicted molar refractivity (Wildman–Crippen MR) is 77.0 cm³/mol. The fraction of sp³-hybridized carbons (Fsp3) is 0.188. The summed E-state index contributed by atoms with van der Waals surface area (Å²) < 4.78 is 41.2. The molecule has 0 aliphatic rings. The Hall–Kier alpha value is -2.70. The van der Waals surface area contributed by atoms with Gasteiger partial charge in [-0.1, -0.05) is 30.3 Å². The van der Waals surface area contributed by atoms with Crippen LogP contribution in [0.5, 0.6) is 11.5 Å². The predicted octanol–water partition coefficient (Wildman–Crippen LogP) is 3.56. The highest BCUT2D eigenvalue weighted by Gasteiger charge is 2.32. The molecule has 2 rings (SSSR count). The molecule has 0 aliphatic heterocycles. The first-order chi connectivity index (χ1) is 10.8. The summed E-state index contributed by atoms with van der Waals surface area (Å²) in [6.07, 6.45) is -4.81. The van der Waals surface area contributed by atoms with Crippen molar-refractivity contribution in [3.63, 3.8) is 0 Å². The highest BCUT2D eigenvalue weighted by Crippen LogP contribution is 2.27. The molecule has 23 heavy (non-hydrogen) atoms. The van der Waals surface area contributed by atoms with Crippen LogP contribution >= 0.6 is 0 Å². The third kappa shape index (κ3) is 4.38. The van der Waals surface area contributed by atoms with Gasteiger partial charge in [-0.25, -0.2) is 0 Å². The third-order valence-corrected chi connectivity index (χ3v) is 3.09. The molecule has 2 aromatic carbocycles. The summed E-state index contributed by atoms with van der Waals surface area (Å²) >= 11 is 0. The molecule has 7 heteroatoms. The van der Waals surface area contributed by atoms with Crippen molar-refractivity contribution in [3.8, 4) is 11.5 Å². The second kappa shape index (κ2) is 6.60. The number of para-hydroxylation sites is 2. The van der Waals surface area contributed by atoms with Gasteiger partial charge in [-0.05, 0) is 18.2 Å². The monoisotopic (exact) mass is 325 g/mol. The molecule has 1 N–H and O–H groups in total. The zero-order valence-corrected chi connectivity index (χ0v) is 12.2. The van der Waals surface area contributed by atoms with Crippen LogP contribution in [0.4, 0.5) is 13.2 Å². The van der Waals surface area contributed by atoms with E-state index in [-0.39, 0.29) is 29.2 Å². The molecule has 0 radical (unpaired) electrons. The summed E-state index contributed by atoms with van der Waals surface area (Å²) in [5.41, 5.74) is 0.278. The van der Waals surface area contributed by atoms with E-state index in [0.717, 1.165) is 0 Å². The van der Waals surface area contributed by atoms with Crippen LogP contribution in [0, 0.1) is 0 Å². The Morgan fingerprint density at radius 2 is 1.74 bits per heavy atom. The van der Waals surface area contributed by atoms with E-state index >= 15 is 0 Å². The maximum Gasteiger partial charge on any atom is 0.573 e. The second-order valence-corrected chi connectivity index (χ2v) is 4.83. The summed E-state index contributed by atoms with van der Waals surface area (Å²) in [6, 6.07) is 11.5. The van der Waals surface area contributed by atoms with Crippen molar-refractivity contribution in [1.29, 1.82) is 0 Å². The van der Waals surface area contributed by atoms with Gasteiger partial charge in [0, 0.05) is 19.2 Å². The lowest BCUT2D eigenvalue weighted by molar-refractivity contribution is -0.274. The normalized spacial score (nSPS) is 11.1. The van der Waals surface area contributed by atoms with E-state index in [2.05, 4.69) is 4.74 Å². The van der Waals surface area contributed by atoms with E-state index in [1.165, 1.54) is 42.3 Å². The number of hydrogen-bond donors (Lipinski definition) is 1. The first kappa shape index (κ1) is 16.7. The highest BCUT2D eigenvalue weighted by atomic mass is 19.4. The molecule has 0 aromatic heterocycles. The summed E-state index contributed by atoms with van der Waals surface area (Å²) in [5.74, 6) is -1.06. The van der Waals surface area contributed by atoms with Crippen molar-refractivity contribution in [3.05, 3.63) is 59.7 Å². The average Bonchev–Trinajstić information content (AvgIpc) is 2.47. The van der Waals surface area contributed by atoms with Crippen LogP contribution in [0.15, 0.2) is 48.5 Å². The van der Waals surface area contributed by atoms with Crippen molar-refractivity contribution in [2.45, 2.75) is 12.9 Å². The zero-order chi connectivity index (χ0) is 17.0. The number of halogens is 3. The quantitative estimate of drug-likeness (QED) is 0.935. The van der Waals surface area contributed by atoms with Crippen LogP contribution in [0.3, 0.4) is 0 Å². The lowest BCUT2D eigenvalue weighted by Crippen LogP contribution is -2.27. The molecule has 0 aliphatic carbocycles. The highest BCUT2D eigenvalue weighted by molar-refractivity contribution is 5.96. The van der Waals surface area contributed by atoms with E-state index in [1.807, 2.05) is 0 Å². The maximum atomic E-state index is 12.4. The number of hydrogen-bond acceptors (Lipinski definition) is 3. The SMILES string of the molecule is CN(Cc1ccccc1OC(F)(F)F)C(=O)c1ccccc1O. The lowest BCUT2D eigenvalue weighted by Gasteiger charge is -2.20. The topological polar surface area (TPSA) is 49.8 Å². The van der Waals surface area contributed by atoms with Gasteiger partial charge in [0.05, 0.1) is 5.56 Å². The Labute approximate surface area is 130 Å². The largest absolute Gasteiger partial charge is 0.573 e. The minimum absolute atomic E-state index is 0.0734. The Morgan fingerprint density at radius 3 is 2.39 bits per heavy atom. The molecule has 0 bridgehead atoms. The molecule has 0 saturated carbocycles. The number of amides is 1. The smallest absolute Gasteiger partial charge is 0.507 e. The number of rotatable bonds is 4. The van der Waals surface area contributed by atoms with Crippen LogP contribution in [0.1, 0.15) is 15.9 Å². The van der Waals surface area contributed by atoms with Gasteiger partial charge >= 0.3 is 6.36 Å². The first-order valence-electron chi connectivity index (χ1n) is 6.65. The van der Waals surface area contributed by atoms with Crippen molar-refractivity contribution in [2.24, 2.45) is 0 Å². The van der Waals surface area contributed by atoms with E-state index in [0.29, 0.717) is 0 Å². The molecule has 122 valence electrons. The number of benzene rings is 2. The summed E-state index contributed by atoms with van der Waals surface area (Å²) in [5, 5.41) is 9.68. The van der Waals surface area contributed by atoms with Crippen molar-refractivity contribution in [1.82, 2.24) is 4.90 Å². The Kier molecular flexibility index (Phi) is 4.78. The van der Waals surface area contributed by atoms with E-state index in [9.17, 15) is 23.1 Å². The van der Waals surface area contributed by atoms with Crippen LogP contribution in [0.25, 0.3) is 0 Å². The fourth-order valence-electron chi connectivity index (χ4n) is 2.05.